The number of hydrogen-bond donors (Lipinski definition) is 0. The third-order valence-corrected chi connectivity index (χ3v) is 4.97. The van der Waals surface area contributed by atoms with E-state index < -0.39 is 17.7 Å². The number of fused-ring (bicyclic) bond motifs is 2. The minimum absolute atomic E-state index is 0.0139. The molecule has 0 aliphatic carbocycles. The number of methoxy groups -OCH3 is 1. The second kappa shape index (κ2) is 8.08. The van der Waals surface area contributed by atoms with Gasteiger partial charge < -0.3 is 9.47 Å². The Balaban J connectivity index is 2.34. The summed E-state index contributed by atoms with van der Waals surface area (Å²) >= 11 is 0. The maximum atomic E-state index is 12.5. The molecular formula is C20H26O6. The maximum absolute atomic E-state index is 12.5. The molecule has 1 fully saturated rings. The molecule has 2 aliphatic heterocycles. The van der Waals surface area contributed by atoms with E-state index in [0.29, 0.717) is 6.42 Å². The van der Waals surface area contributed by atoms with Crippen LogP contribution >= 0.6 is 0 Å². The summed E-state index contributed by atoms with van der Waals surface area (Å²) in [6.07, 6.45) is 1.55. The van der Waals surface area contributed by atoms with E-state index in [4.69, 9.17) is 9.47 Å². The normalized spacial score (nSPS) is 32.7. The van der Waals surface area contributed by atoms with Gasteiger partial charge in [-0.25, -0.2) is 4.79 Å². The number of carbonyl (C=O) groups excluding carboxylic acids is 4. The minimum Gasteiger partial charge on any atom is -0.466 e. The third kappa shape index (κ3) is 4.97. The summed E-state index contributed by atoms with van der Waals surface area (Å²) in [5.74, 6) is -1.16. The fourth-order valence-corrected chi connectivity index (χ4v) is 3.55. The molecule has 0 N–H and O–H groups in total. The SMILES string of the molecule is C=C(C)[C@@H]1C/C=C(\C(=O)OC)CC(=O)C[C@]2(C)CC(=O)[C@H](CC(=O)C1)O2. The van der Waals surface area contributed by atoms with Gasteiger partial charge in [0.15, 0.2) is 5.78 Å². The molecule has 3 atom stereocenters. The lowest BCUT2D eigenvalue weighted by molar-refractivity contribution is -0.138. The zero-order chi connectivity index (χ0) is 19.5. The Morgan fingerprint density at radius 2 is 1.92 bits per heavy atom. The van der Waals surface area contributed by atoms with E-state index in [1.54, 1.807) is 13.0 Å². The smallest absolute Gasteiger partial charge is 0.333 e. The van der Waals surface area contributed by atoms with Crippen molar-refractivity contribution in [1.82, 2.24) is 0 Å². The van der Waals surface area contributed by atoms with Crippen molar-refractivity contribution in [1.29, 1.82) is 0 Å². The van der Waals surface area contributed by atoms with Crippen molar-refractivity contribution < 1.29 is 28.7 Å². The van der Waals surface area contributed by atoms with Gasteiger partial charge in [0.1, 0.15) is 17.7 Å². The molecular weight excluding hydrogens is 336 g/mol. The number of ether oxygens (including phenoxy) is 2. The molecule has 0 aromatic carbocycles. The largest absolute Gasteiger partial charge is 0.466 e. The molecule has 6 heteroatoms. The van der Waals surface area contributed by atoms with Gasteiger partial charge in [-0.3, -0.25) is 14.4 Å². The molecule has 0 aromatic rings. The highest BCUT2D eigenvalue weighted by molar-refractivity contribution is 5.97. The van der Waals surface area contributed by atoms with Crippen molar-refractivity contribution in [3.05, 3.63) is 23.8 Å². The van der Waals surface area contributed by atoms with Gasteiger partial charge in [-0.1, -0.05) is 18.2 Å². The molecule has 0 radical (unpaired) electrons. The molecule has 0 saturated carbocycles. The van der Waals surface area contributed by atoms with Crippen LogP contribution in [-0.2, 0) is 28.7 Å². The van der Waals surface area contributed by atoms with Crippen LogP contribution in [0.25, 0.3) is 0 Å². The van der Waals surface area contributed by atoms with Crippen molar-refractivity contribution in [3.8, 4) is 0 Å². The predicted octanol–water partition coefficient (Wildman–Crippen LogP) is 2.50. The van der Waals surface area contributed by atoms with Gasteiger partial charge >= 0.3 is 5.97 Å². The molecule has 2 rings (SSSR count). The molecule has 142 valence electrons. The standard InChI is InChI=1S/C20H26O6/c1-12(2)13-5-6-14(19(24)25-4)8-16(22)10-20(3)11-17(23)18(26-20)9-15(21)7-13/h6,13,18H,1,5,7-11H2,2-4H3/b14-6-/t13-,18+,20-/m1/s1. The Morgan fingerprint density at radius 3 is 2.54 bits per heavy atom. The third-order valence-electron chi connectivity index (χ3n) is 4.97. The highest BCUT2D eigenvalue weighted by Gasteiger charge is 2.44. The fraction of sp³-hybridized carbons (Fsp3) is 0.600. The summed E-state index contributed by atoms with van der Waals surface area (Å²) in [7, 11) is 1.26. The highest BCUT2D eigenvalue weighted by atomic mass is 16.5. The van der Waals surface area contributed by atoms with Crippen LogP contribution in [0.2, 0.25) is 0 Å². The number of allylic oxidation sites excluding steroid dienone is 2. The first-order chi connectivity index (χ1) is 12.1. The van der Waals surface area contributed by atoms with Gasteiger partial charge in [0.05, 0.1) is 12.7 Å². The van der Waals surface area contributed by atoms with Crippen molar-refractivity contribution >= 4 is 23.3 Å². The van der Waals surface area contributed by atoms with Crippen molar-refractivity contribution in [2.45, 2.75) is 64.1 Å². The minimum atomic E-state index is -0.928. The first-order valence-electron chi connectivity index (χ1n) is 8.80. The molecule has 2 heterocycles. The van der Waals surface area contributed by atoms with E-state index in [1.807, 2.05) is 6.92 Å². The lowest BCUT2D eigenvalue weighted by Gasteiger charge is -2.23. The summed E-state index contributed by atoms with van der Waals surface area (Å²) in [5.41, 5.74) is 0.144. The second-order valence-electron chi connectivity index (χ2n) is 7.54. The molecule has 2 aliphatic rings. The summed E-state index contributed by atoms with van der Waals surface area (Å²) in [6.45, 7) is 7.44. The lowest BCUT2D eigenvalue weighted by atomic mass is 9.87. The van der Waals surface area contributed by atoms with E-state index in [0.717, 1.165) is 5.57 Å². The summed E-state index contributed by atoms with van der Waals surface area (Å²) in [6, 6.07) is 0. The Kier molecular flexibility index (Phi) is 6.29. The van der Waals surface area contributed by atoms with Crippen LogP contribution in [0.5, 0.6) is 0 Å². The van der Waals surface area contributed by atoms with Crippen molar-refractivity contribution in [3.63, 3.8) is 0 Å². The number of carbonyl (C=O) groups is 4. The van der Waals surface area contributed by atoms with Crippen LogP contribution in [0.3, 0.4) is 0 Å². The van der Waals surface area contributed by atoms with E-state index in [9.17, 15) is 19.2 Å². The van der Waals surface area contributed by atoms with Gasteiger partial charge in [-0.05, 0) is 26.2 Å². The monoisotopic (exact) mass is 362 g/mol. The zero-order valence-corrected chi connectivity index (χ0v) is 15.6. The molecule has 6 nitrogen and oxygen atoms in total. The lowest BCUT2D eigenvalue weighted by Crippen LogP contribution is -2.29. The van der Waals surface area contributed by atoms with Crippen LogP contribution in [0.15, 0.2) is 23.8 Å². The molecule has 2 bridgehead atoms. The van der Waals surface area contributed by atoms with Gasteiger partial charge in [-0.2, -0.15) is 0 Å². The van der Waals surface area contributed by atoms with E-state index >= 15 is 0 Å². The molecule has 1 saturated heterocycles. The number of esters is 1. The predicted molar refractivity (Wildman–Crippen MR) is 94.4 cm³/mol. The average molecular weight is 362 g/mol. The molecule has 0 aromatic heterocycles. The maximum Gasteiger partial charge on any atom is 0.333 e. The number of hydrogen-bond acceptors (Lipinski definition) is 6. The van der Waals surface area contributed by atoms with Gasteiger partial charge in [0, 0.05) is 37.7 Å². The Morgan fingerprint density at radius 1 is 1.23 bits per heavy atom. The average Bonchev–Trinajstić information content (AvgIpc) is 2.81. The summed E-state index contributed by atoms with van der Waals surface area (Å²) in [4.78, 5) is 49.1. The van der Waals surface area contributed by atoms with Crippen molar-refractivity contribution in [2.24, 2.45) is 5.92 Å². The second-order valence-corrected chi connectivity index (χ2v) is 7.54. The van der Waals surface area contributed by atoms with Gasteiger partial charge in [0.25, 0.3) is 0 Å². The topological polar surface area (TPSA) is 86.7 Å². The van der Waals surface area contributed by atoms with E-state index in [-0.39, 0.29) is 60.9 Å². The molecule has 0 spiro atoms. The molecule has 26 heavy (non-hydrogen) atoms. The van der Waals surface area contributed by atoms with E-state index in [2.05, 4.69) is 6.58 Å². The van der Waals surface area contributed by atoms with Crippen molar-refractivity contribution in [2.75, 3.05) is 7.11 Å². The molecule has 0 unspecified atom stereocenters. The van der Waals surface area contributed by atoms with E-state index in [1.165, 1.54) is 7.11 Å². The number of Topliss-reactive ketones (excluding diaryl/α,β-unsaturated/α-hetero) is 3. The zero-order valence-electron chi connectivity index (χ0n) is 15.6. The Bertz CT molecular complexity index is 674. The van der Waals surface area contributed by atoms with Crippen LogP contribution in [0, 0.1) is 5.92 Å². The Labute approximate surface area is 153 Å². The van der Waals surface area contributed by atoms with Crippen LogP contribution < -0.4 is 0 Å². The first-order valence-corrected chi connectivity index (χ1v) is 8.80. The highest BCUT2D eigenvalue weighted by Crippen LogP contribution is 2.34. The van der Waals surface area contributed by atoms with Gasteiger partial charge in [-0.15, -0.1) is 0 Å². The summed E-state index contributed by atoms with van der Waals surface area (Å²) < 4.78 is 10.6. The van der Waals surface area contributed by atoms with Crippen LogP contribution in [-0.4, -0.2) is 42.1 Å². The number of ketones is 3. The first kappa shape index (κ1) is 20.2. The van der Waals surface area contributed by atoms with Crippen LogP contribution in [0.1, 0.15) is 52.4 Å². The fourth-order valence-electron chi connectivity index (χ4n) is 3.55. The Hall–Kier alpha value is -2.08. The number of rotatable bonds is 2. The van der Waals surface area contributed by atoms with Gasteiger partial charge in [0.2, 0.25) is 0 Å². The molecule has 0 amide bonds. The summed E-state index contributed by atoms with van der Waals surface area (Å²) in [5, 5.41) is 0. The van der Waals surface area contributed by atoms with Crippen LogP contribution in [0.4, 0.5) is 0 Å². The quantitative estimate of drug-likeness (QED) is 0.554.